The zero-order chi connectivity index (χ0) is 24.1. The smallest absolute Gasteiger partial charge is 0.259 e. The number of halogens is 2. The van der Waals surface area contributed by atoms with Gasteiger partial charge in [0.1, 0.15) is 5.52 Å². The van der Waals surface area contributed by atoms with Gasteiger partial charge in [-0.2, -0.15) is 5.10 Å². The second-order valence-electron chi connectivity index (χ2n) is 9.00. The van der Waals surface area contributed by atoms with Gasteiger partial charge in [0.25, 0.3) is 5.91 Å². The van der Waals surface area contributed by atoms with Gasteiger partial charge in [-0.3, -0.25) is 9.48 Å². The molecule has 1 amide bonds. The van der Waals surface area contributed by atoms with E-state index in [1.54, 1.807) is 28.4 Å². The first-order valence-corrected chi connectivity index (χ1v) is 11.7. The van der Waals surface area contributed by atoms with Gasteiger partial charge in [0.15, 0.2) is 11.5 Å². The number of amides is 1. The molecule has 0 radical (unpaired) electrons. The van der Waals surface area contributed by atoms with E-state index >= 15 is 0 Å². The van der Waals surface area contributed by atoms with Crippen LogP contribution in [0.2, 0.25) is 5.02 Å². The Hall–Kier alpha value is -3.17. The van der Waals surface area contributed by atoms with Crippen LogP contribution in [0.1, 0.15) is 29.4 Å². The molecule has 0 spiro atoms. The van der Waals surface area contributed by atoms with Crippen molar-refractivity contribution in [1.29, 1.82) is 0 Å². The number of rotatable bonds is 5. The molecule has 1 fully saturated rings. The van der Waals surface area contributed by atoms with Gasteiger partial charge in [-0.15, -0.1) is 0 Å². The average molecular weight is 484 g/mol. The molecule has 34 heavy (non-hydrogen) atoms. The largest absolute Gasteiger partial charge is 0.369 e. The molecular weight excluding hydrogens is 457 g/mol. The molecule has 1 aliphatic rings. The Bertz CT molecular complexity index is 1410. The number of hydrogen-bond acceptors (Lipinski definition) is 5. The van der Waals surface area contributed by atoms with Crippen LogP contribution in [0.4, 0.5) is 15.8 Å². The van der Waals surface area contributed by atoms with Crippen LogP contribution in [0, 0.1) is 12.7 Å². The SMILES string of the molecule is CCn1cc2c(N3CC[C@@H](N(C)C)C3)cc(Cl)c(C(=O)Nc3cc(F)c4nc(C)cn4c3)c2n1. The van der Waals surface area contributed by atoms with Crippen molar-refractivity contribution in [1.82, 2.24) is 24.1 Å². The molecule has 0 unspecified atom stereocenters. The zero-order valence-corrected chi connectivity index (χ0v) is 20.4. The molecule has 178 valence electrons. The highest BCUT2D eigenvalue weighted by molar-refractivity contribution is 6.37. The van der Waals surface area contributed by atoms with Crippen molar-refractivity contribution >= 4 is 45.4 Å². The number of aromatic nitrogens is 4. The summed E-state index contributed by atoms with van der Waals surface area (Å²) in [6, 6.07) is 3.56. The van der Waals surface area contributed by atoms with Crippen molar-refractivity contribution in [3.05, 3.63) is 52.8 Å². The maximum absolute atomic E-state index is 14.5. The van der Waals surface area contributed by atoms with Gasteiger partial charge in [0.2, 0.25) is 0 Å². The molecule has 0 saturated carbocycles. The maximum atomic E-state index is 14.5. The Kier molecular flexibility index (Phi) is 5.69. The third kappa shape index (κ3) is 3.88. The lowest BCUT2D eigenvalue weighted by Gasteiger charge is -2.23. The summed E-state index contributed by atoms with van der Waals surface area (Å²) in [5.41, 5.74) is 2.99. The normalized spacial score (nSPS) is 16.3. The van der Waals surface area contributed by atoms with Crippen LogP contribution < -0.4 is 10.2 Å². The second-order valence-corrected chi connectivity index (χ2v) is 9.40. The van der Waals surface area contributed by atoms with Crippen LogP contribution in [-0.4, -0.2) is 63.2 Å². The summed E-state index contributed by atoms with van der Waals surface area (Å²) < 4.78 is 17.9. The van der Waals surface area contributed by atoms with Crippen LogP contribution in [-0.2, 0) is 6.54 Å². The Balaban J connectivity index is 1.54. The summed E-state index contributed by atoms with van der Waals surface area (Å²) >= 11 is 6.69. The monoisotopic (exact) mass is 483 g/mol. The van der Waals surface area contributed by atoms with Gasteiger partial charge < -0.3 is 19.5 Å². The van der Waals surface area contributed by atoms with E-state index in [1.807, 2.05) is 19.2 Å². The predicted molar refractivity (Wildman–Crippen MR) is 133 cm³/mol. The molecule has 3 aromatic heterocycles. The number of benzene rings is 1. The molecule has 0 aliphatic carbocycles. The van der Waals surface area contributed by atoms with E-state index in [4.69, 9.17) is 11.6 Å². The average Bonchev–Trinajstić information content (AvgIpc) is 3.50. The third-order valence-corrected chi connectivity index (χ3v) is 6.74. The summed E-state index contributed by atoms with van der Waals surface area (Å²) in [5, 5.41) is 8.64. The van der Waals surface area contributed by atoms with Crippen molar-refractivity contribution in [2.24, 2.45) is 0 Å². The van der Waals surface area contributed by atoms with E-state index < -0.39 is 11.7 Å². The fourth-order valence-electron chi connectivity index (χ4n) is 4.64. The Morgan fingerprint density at radius 1 is 1.29 bits per heavy atom. The number of fused-ring (bicyclic) bond motifs is 2. The van der Waals surface area contributed by atoms with Crippen LogP contribution in [0.5, 0.6) is 0 Å². The lowest BCUT2D eigenvalue weighted by molar-refractivity contribution is 0.102. The fourth-order valence-corrected chi connectivity index (χ4v) is 4.92. The molecule has 1 aromatic carbocycles. The lowest BCUT2D eigenvalue weighted by atomic mass is 10.1. The summed E-state index contributed by atoms with van der Waals surface area (Å²) in [7, 11) is 4.18. The van der Waals surface area contributed by atoms with Crippen LogP contribution in [0.3, 0.4) is 0 Å². The fraction of sp³-hybridized carbons (Fsp3) is 0.375. The first-order chi connectivity index (χ1) is 16.2. The number of nitrogens with one attached hydrogen (secondary N) is 1. The van der Waals surface area contributed by atoms with Crippen LogP contribution in [0.15, 0.2) is 30.7 Å². The van der Waals surface area contributed by atoms with E-state index in [0.29, 0.717) is 34.5 Å². The Labute approximate surface area is 201 Å². The van der Waals surface area contributed by atoms with Gasteiger partial charge in [-0.1, -0.05) is 11.6 Å². The molecular formula is C24H27ClFN7O. The first kappa shape index (κ1) is 22.6. The van der Waals surface area contributed by atoms with Gasteiger partial charge in [-0.25, -0.2) is 9.37 Å². The highest BCUT2D eigenvalue weighted by Crippen LogP contribution is 2.36. The first-order valence-electron chi connectivity index (χ1n) is 11.3. The molecule has 1 saturated heterocycles. The predicted octanol–water partition coefficient (Wildman–Crippen LogP) is 4.20. The Morgan fingerprint density at radius 3 is 2.79 bits per heavy atom. The van der Waals surface area contributed by atoms with Crippen LogP contribution >= 0.6 is 11.6 Å². The second kappa shape index (κ2) is 8.56. The van der Waals surface area contributed by atoms with E-state index in [0.717, 1.165) is 30.6 Å². The highest BCUT2D eigenvalue weighted by Gasteiger charge is 2.28. The molecule has 5 rings (SSSR count). The molecule has 4 heterocycles. The highest BCUT2D eigenvalue weighted by atomic mass is 35.5. The number of hydrogen-bond donors (Lipinski definition) is 1. The van der Waals surface area contributed by atoms with E-state index in [1.165, 1.54) is 6.07 Å². The number of nitrogens with zero attached hydrogens (tertiary/aromatic N) is 6. The summed E-state index contributed by atoms with van der Waals surface area (Å²) in [6.07, 6.45) is 6.35. The lowest BCUT2D eigenvalue weighted by Crippen LogP contribution is -2.31. The molecule has 4 aromatic rings. The molecule has 1 N–H and O–H groups in total. The minimum atomic E-state index is -0.516. The molecule has 1 atom stereocenters. The minimum absolute atomic E-state index is 0.212. The van der Waals surface area contributed by atoms with Gasteiger partial charge in [-0.05, 0) is 40.4 Å². The number of pyridine rings is 1. The van der Waals surface area contributed by atoms with Crippen molar-refractivity contribution in [2.45, 2.75) is 32.9 Å². The number of anilines is 2. The van der Waals surface area contributed by atoms with E-state index in [9.17, 15) is 9.18 Å². The van der Waals surface area contributed by atoms with E-state index in [2.05, 4.69) is 39.3 Å². The van der Waals surface area contributed by atoms with Crippen molar-refractivity contribution in [3.8, 4) is 0 Å². The van der Waals surface area contributed by atoms with Crippen LogP contribution in [0.25, 0.3) is 16.6 Å². The number of carbonyl (C=O) groups excluding carboxylic acids is 1. The summed E-state index contributed by atoms with van der Waals surface area (Å²) in [4.78, 5) is 22.0. The van der Waals surface area contributed by atoms with Crippen molar-refractivity contribution < 1.29 is 9.18 Å². The zero-order valence-electron chi connectivity index (χ0n) is 19.6. The van der Waals surface area contributed by atoms with Gasteiger partial charge in [0.05, 0.1) is 22.0 Å². The van der Waals surface area contributed by atoms with Gasteiger partial charge >= 0.3 is 0 Å². The number of carbonyl (C=O) groups is 1. The standard InChI is InChI=1S/C24H27ClFN7O/c1-5-33-13-17-20(31-7-6-16(12-31)30(3)4)9-18(25)21(22(17)29-33)24(34)28-15-8-19(26)23-27-14(2)10-32(23)11-15/h8-11,13,16H,5-7,12H2,1-4H3,(H,28,34)/t16-/m1/s1. The number of imidazole rings is 1. The van der Waals surface area contributed by atoms with Gasteiger partial charge in [0, 0.05) is 61.4 Å². The Morgan fingerprint density at radius 2 is 2.09 bits per heavy atom. The van der Waals surface area contributed by atoms with Crippen molar-refractivity contribution in [2.75, 3.05) is 37.4 Å². The maximum Gasteiger partial charge on any atom is 0.259 e. The van der Waals surface area contributed by atoms with E-state index in [-0.39, 0.29) is 11.2 Å². The number of likely N-dealkylation sites (N-methyl/N-ethyl adjacent to an activating group) is 1. The molecule has 0 bridgehead atoms. The summed E-state index contributed by atoms with van der Waals surface area (Å²) in [6.45, 7) is 6.23. The topological polar surface area (TPSA) is 70.7 Å². The number of aryl methyl sites for hydroxylation is 2. The quantitative estimate of drug-likeness (QED) is 0.460. The molecule has 1 aliphatic heterocycles. The summed E-state index contributed by atoms with van der Waals surface area (Å²) in [5.74, 6) is -0.955. The third-order valence-electron chi connectivity index (χ3n) is 6.45. The minimum Gasteiger partial charge on any atom is -0.369 e. The molecule has 10 heteroatoms. The van der Waals surface area contributed by atoms with Crippen molar-refractivity contribution in [3.63, 3.8) is 0 Å². The molecule has 8 nitrogen and oxygen atoms in total.